The van der Waals surface area contributed by atoms with Gasteiger partial charge in [0.25, 0.3) is 0 Å². The van der Waals surface area contributed by atoms with Crippen molar-refractivity contribution >= 4 is 35.6 Å². The first-order chi connectivity index (χ1) is 19.5. The molecule has 3 amide bonds. The fourth-order valence-electron chi connectivity index (χ4n) is 3.75. The van der Waals surface area contributed by atoms with Crippen LogP contribution in [0.15, 0.2) is 47.8 Å². The molecule has 222 valence electrons. The Morgan fingerprint density at radius 1 is 0.902 bits per heavy atom. The number of carbonyl (C=O) groups is 5. The fourth-order valence-corrected chi connectivity index (χ4v) is 3.75. The zero-order chi connectivity index (χ0) is 30.4. The van der Waals surface area contributed by atoms with Crippen LogP contribution in [0.2, 0.25) is 0 Å². The van der Waals surface area contributed by atoms with Crippen molar-refractivity contribution in [1.29, 1.82) is 0 Å². The van der Waals surface area contributed by atoms with E-state index in [1.165, 1.54) is 12.5 Å². The van der Waals surface area contributed by atoms with Gasteiger partial charge in [0.2, 0.25) is 17.7 Å². The molecule has 0 saturated carbocycles. The third-order valence-electron chi connectivity index (χ3n) is 5.82. The Hall–Kier alpha value is -4.99. The Balaban J connectivity index is 2.24. The summed E-state index contributed by atoms with van der Waals surface area (Å²) in [5.74, 6) is -5.18. The van der Waals surface area contributed by atoms with Crippen molar-refractivity contribution in [3.8, 4) is 0 Å². The number of hydrogen-bond acceptors (Lipinski definition) is 8. The summed E-state index contributed by atoms with van der Waals surface area (Å²) in [7, 11) is 0. The van der Waals surface area contributed by atoms with E-state index in [1.54, 1.807) is 30.3 Å². The van der Waals surface area contributed by atoms with Crippen molar-refractivity contribution in [1.82, 2.24) is 25.9 Å². The minimum atomic E-state index is -1.43. The lowest BCUT2D eigenvalue weighted by Crippen LogP contribution is -2.58. The number of aliphatic imine (C=N–C) groups is 1. The highest BCUT2D eigenvalue weighted by Crippen LogP contribution is 2.08. The van der Waals surface area contributed by atoms with E-state index in [0.29, 0.717) is 11.3 Å². The van der Waals surface area contributed by atoms with Gasteiger partial charge in [-0.25, -0.2) is 9.78 Å². The Kier molecular flexibility index (Phi) is 12.7. The van der Waals surface area contributed by atoms with Gasteiger partial charge in [-0.15, -0.1) is 0 Å². The monoisotopic (exact) mass is 573 g/mol. The molecule has 12 N–H and O–H groups in total. The second-order valence-corrected chi connectivity index (χ2v) is 9.15. The first-order valence-electron chi connectivity index (χ1n) is 12.6. The van der Waals surface area contributed by atoms with Crippen LogP contribution >= 0.6 is 0 Å². The minimum Gasteiger partial charge on any atom is -0.481 e. The topological polar surface area (TPSA) is 281 Å². The van der Waals surface area contributed by atoms with Crippen molar-refractivity contribution in [3.63, 3.8) is 0 Å². The minimum absolute atomic E-state index is 0.00199. The van der Waals surface area contributed by atoms with Crippen LogP contribution in [0.1, 0.15) is 30.5 Å². The maximum absolute atomic E-state index is 13.4. The second-order valence-electron chi connectivity index (χ2n) is 9.15. The van der Waals surface area contributed by atoms with E-state index < -0.39 is 60.2 Å². The van der Waals surface area contributed by atoms with Crippen LogP contribution in [0.5, 0.6) is 0 Å². The van der Waals surface area contributed by atoms with Crippen molar-refractivity contribution in [2.24, 2.45) is 22.2 Å². The number of benzene rings is 1. The molecule has 2 aromatic rings. The molecule has 16 nitrogen and oxygen atoms in total. The van der Waals surface area contributed by atoms with Crippen molar-refractivity contribution in [2.45, 2.75) is 56.3 Å². The van der Waals surface area contributed by atoms with E-state index in [0.717, 1.165) is 0 Å². The summed E-state index contributed by atoms with van der Waals surface area (Å²) in [5, 5.41) is 26.0. The van der Waals surface area contributed by atoms with Gasteiger partial charge in [-0.2, -0.15) is 0 Å². The normalized spacial score (nSPS) is 13.6. The molecule has 0 aliphatic heterocycles. The molecule has 4 atom stereocenters. The summed E-state index contributed by atoms with van der Waals surface area (Å²) in [4.78, 5) is 72.5. The average Bonchev–Trinajstić information content (AvgIpc) is 3.42. The Morgan fingerprint density at radius 2 is 1.51 bits per heavy atom. The number of aromatic nitrogens is 2. The number of nitrogens with zero attached hydrogens (tertiary/aromatic N) is 2. The Bertz CT molecular complexity index is 1200. The van der Waals surface area contributed by atoms with Gasteiger partial charge in [0.1, 0.15) is 18.1 Å². The van der Waals surface area contributed by atoms with E-state index in [2.05, 4.69) is 30.9 Å². The SMILES string of the molecule is NC(N)=NCCC[C@H](NC(=O)[C@H](Cc1ccccc1)NC(=O)[C@H](Cc1cnc[nH]1)NC(=O)[C@@H](N)CC(=O)O)C(=O)O. The standard InChI is InChI=1S/C25H35N9O7/c26-16(11-20(35)36)21(37)33-19(10-15-12-29-13-31-15)23(39)34-18(9-14-5-2-1-3-6-14)22(38)32-17(24(40)41)7-4-8-30-25(27)28/h1-3,5-6,12-13,16-19H,4,7-11,26H2,(H,29,31)(H,32,38)(H,33,37)(H,34,39)(H,35,36)(H,40,41)(H4,27,28,30)/t16-,17-,18-,19-/m0/s1. The first kappa shape index (κ1) is 32.2. The third kappa shape index (κ3) is 11.7. The number of aromatic amines is 1. The zero-order valence-electron chi connectivity index (χ0n) is 22.2. The molecule has 0 unspecified atom stereocenters. The largest absolute Gasteiger partial charge is 0.481 e. The number of carboxylic acids is 2. The lowest BCUT2D eigenvalue weighted by atomic mass is 10.0. The third-order valence-corrected chi connectivity index (χ3v) is 5.82. The molecular weight excluding hydrogens is 538 g/mol. The second kappa shape index (κ2) is 16.2. The number of carbonyl (C=O) groups excluding carboxylic acids is 3. The smallest absolute Gasteiger partial charge is 0.326 e. The number of rotatable bonds is 17. The number of amides is 3. The van der Waals surface area contributed by atoms with Crippen LogP contribution in [-0.4, -0.2) is 86.5 Å². The molecule has 16 heteroatoms. The van der Waals surface area contributed by atoms with Gasteiger partial charge in [-0.05, 0) is 18.4 Å². The van der Waals surface area contributed by atoms with Gasteiger partial charge in [0.05, 0.1) is 18.8 Å². The number of imidazole rings is 1. The maximum Gasteiger partial charge on any atom is 0.326 e. The van der Waals surface area contributed by atoms with Crippen molar-refractivity contribution in [2.75, 3.05) is 6.54 Å². The van der Waals surface area contributed by atoms with Gasteiger partial charge in [-0.1, -0.05) is 30.3 Å². The van der Waals surface area contributed by atoms with Gasteiger partial charge < -0.3 is 48.3 Å². The number of nitrogens with one attached hydrogen (secondary N) is 4. The number of aliphatic carboxylic acids is 2. The highest BCUT2D eigenvalue weighted by molar-refractivity contribution is 5.95. The molecule has 1 aromatic heterocycles. The predicted octanol–water partition coefficient (Wildman–Crippen LogP) is -2.41. The van der Waals surface area contributed by atoms with Crippen LogP contribution in [0.25, 0.3) is 0 Å². The van der Waals surface area contributed by atoms with E-state index >= 15 is 0 Å². The summed E-state index contributed by atoms with van der Waals surface area (Å²) in [6.45, 7) is 0.158. The predicted molar refractivity (Wildman–Crippen MR) is 146 cm³/mol. The van der Waals surface area contributed by atoms with Gasteiger partial charge in [-0.3, -0.25) is 24.2 Å². The van der Waals surface area contributed by atoms with Crippen molar-refractivity contribution in [3.05, 3.63) is 54.1 Å². The van der Waals surface area contributed by atoms with Gasteiger partial charge in [0, 0.05) is 31.3 Å². The number of carboxylic acid groups (broad SMARTS) is 2. The van der Waals surface area contributed by atoms with Crippen LogP contribution in [0.3, 0.4) is 0 Å². The number of guanidine groups is 1. The number of nitrogens with two attached hydrogens (primary N) is 3. The molecule has 41 heavy (non-hydrogen) atoms. The lowest BCUT2D eigenvalue weighted by Gasteiger charge is -2.25. The van der Waals surface area contributed by atoms with E-state index in [9.17, 15) is 29.1 Å². The van der Waals surface area contributed by atoms with E-state index in [4.69, 9.17) is 22.3 Å². The van der Waals surface area contributed by atoms with Crippen molar-refractivity contribution < 1.29 is 34.2 Å². The van der Waals surface area contributed by atoms with E-state index in [-0.39, 0.29) is 38.2 Å². The molecule has 0 spiro atoms. The molecule has 0 radical (unpaired) electrons. The highest BCUT2D eigenvalue weighted by Gasteiger charge is 2.31. The summed E-state index contributed by atoms with van der Waals surface area (Å²) in [5.41, 5.74) is 17.4. The molecular formula is C25H35N9O7. The van der Waals surface area contributed by atoms with Crippen LogP contribution in [-0.2, 0) is 36.8 Å². The van der Waals surface area contributed by atoms with Gasteiger partial charge >= 0.3 is 11.9 Å². The van der Waals surface area contributed by atoms with Crippen LogP contribution in [0, 0.1) is 0 Å². The average molecular weight is 574 g/mol. The highest BCUT2D eigenvalue weighted by atomic mass is 16.4. The summed E-state index contributed by atoms with van der Waals surface area (Å²) >= 11 is 0. The molecule has 1 heterocycles. The number of hydrogen-bond donors (Lipinski definition) is 9. The Morgan fingerprint density at radius 3 is 2.07 bits per heavy atom. The van der Waals surface area contributed by atoms with Gasteiger partial charge in [0.15, 0.2) is 5.96 Å². The zero-order valence-corrected chi connectivity index (χ0v) is 22.2. The molecule has 0 bridgehead atoms. The molecule has 2 rings (SSSR count). The van der Waals surface area contributed by atoms with Crippen LogP contribution < -0.4 is 33.2 Å². The molecule has 0 aliphatic carbocycles. The first-order valence-corrected chi connectivity index (χ1v) is 12.6. The molecule has 0 saturated heterocycles. The fraction of sp³-hybridized carbons (Fsp3) is 0.400. The Labute approximate surface area is 235 Å². The quantitative estimate of drug-likeness (QED) is 0.0545. The summed E-state index contributed by atoms with van der Waals surface area (Å²) in [6.07, 6.45) is 2.33. The van der Waals surface area contributed by atoms with Crippen LogP contribution in [0.4, 0.5) is 0 Å². The lowest BCUT2D eigenvalue weighted by molar-refractivity contribution is -0.142. The molecule has 1 aromatic carbocycles. The summed E-state index contributed by atoms with van der Waals surface area (Å²) < 4.78 is 0. The summed E-state index contributed by atoms with van der Waals surface area (Å²) in [6, 6.07) is 3.47. The molecule has 0 fully saturated rings. The number of H-pyrrole nitrogens is 1. The maximum atomic E-state index is 13.4. The molecule has 0 aliphatic rings. The van der Waals surface area contributed by atoms with E-state index in [1.807, 2.05) is 0 Å².